The van der Waals surface area contributed by atoms with Gasteiger partial charge < -0.3 is 10.1 Å². The Hall–Kier alpha value is -2.83. The van der Waals surface area contributed by atoms with E-state index in [0.717, 1.165) is 15.9 Å². The first-order valence-electron chi connectivity index (χ1n) is 6.28. The van der Waals surface area contributed by atoms with Crippen molar-refractivity contribution in [2.45, 2.75) is 13.1 Å². The van der Waals surface area contributed by atoms with Gasteiger partial charge in [-0.1, -0.05) is 12.1 Å². The van der Waals surface area contributed by atoms with Gasteiger partial charge in [-0.2, -0.15) is 0 Å². The third-order valence-electron chi connectivity index (χ3n) is 2.86. The van der Waals surface area contributed by atoms with Crippen molar-refractivity contribution in [2.75, 3.05) is 7.11 Å². The number of aromatic amines is 1. The highest BCUT2D eigenvalue weighted by Crippen LogP contribution is 2.10. The van der Waals surface area contributed by atoms with Gasteiger partial charge in [-0.05, 0) is 17.7 Å². The van der Waals surface area contributed by atoms with Crippen LogP contribution in [0.25, 0.3) is 0 Å². The predicted molar refractivity (Wildman–Crippen MR) is 76.2 cm³/mol. The van der Waals surface area contributed by atoms with Crippen molar-refractivity contribution >= 4 is 5.91 Å². The fourth-order valence-electron chi connectivity index (χ4n) is 1.72. The Bertz CT molecular complexity index is 731. The Morgan fingerprint density at radius 1 is 1.24 bits per heavy atom. The van der Waals surface area contributed by atoms with E-state index in [1.807, 2.05) is 12.1 Å². The zero-order valence-corrected chi connectivity index (χ0v) is 11.5. The summed E-state index contributed by atoms with van der Waals surface area (Å²) in [6.45, 7) is 0.201. The SMILES string of the molecule is COc1ccc(CNC(=O)Cn2ccc(=O)[nH]c2=O)cc1. The second-order valence-corrected chi connectivity index (χ2v) is 4.36. The number of benzene rings is 1. The molecule has 1 aromatic heterocycles. The van der Waals surface area contributed by atoms with Gasteiger partial charge in [0, 0.05) is 18.8 Å². The van der Waals surface area contributed by atoms with E-state index in [-0.39, 0.29) is 12.5 Å². The van der Waals surface area contributed by atoms with Crippen LogP contribution in [0.2, 0.25) is 0 Å². The number of H-pyrrole nitrogens is 1. The van der Waals surface area contributed by atoms with Gasteiger partial charge in [0.2, 0.25) is 5.91 Å². The van der Waals surface area contributed by atoms with E-state index < -0.39 is 11.2 Å². The number of nitrogens with zero attached hydrogens (tertiary/aromatic N) is 1. The zero-order valence-electron chi connectivity index (χ0n) is 11.5. The minimum Gasteiger partial charge on any atom is -0.497 e. The van der Waals surface area contributed by atoms with Gasteiger partial charge in [0.1, 0.15) is 12.3 Å². The minimum atomic E-state index is -0.609. The smallest absolute Gasteiger partial charge is 0.328 e. The molecule has 1 heterocycles. The molecule has 0 aliphatic carbocycles. The van der Waals surface area contributed by atoms with E-state index in [2.05, 4.69) is 10.3 Å². The summed E-state index contributed by atoms with van der Waals surface area (Å²) in [6.07, 6.45) is 1.29. The number of amides is 1. The number of rotatable bonds is 5. The molecule has 1 aromatic carbocycles. The van der Waals surface area contributed by atoms with Crippen LogP contribution in [0.15, 0.2) is 46.1 Å². The van der Waals surface area contributed by atoms with Crippen molar-refractivity contribution in [3.05, 3.63) is 62.9 Å². The van der Waals surface area contributed by atoms with Gasteiger partial charge in [0.25, 0.3) is 5.56 Å². The van der Waals surface area contributed by atoms with Crippen molar-refractivity contribution in [1.82, 2.24) is 14.9 Å². The highest BCUT2D eigenvalue weighted by atomic mass is 16.5. The maximum atomic E-state index is 11.8. The number of carbonyl (C=O) groups excluding carboxylic acids is 1. The highest BCUT2D eigenvalue weighted by molar-refractivity contribution is 5.75. The number of carbonyl (C=O) groups is 1. The monoisotopic (exact) mass is 289 g/mol. The number of hydrogen-bond acceptors (Lipinski definition) is 4. The Labute approximate surface area is 120 Å². The summed E-state index contributed by atoms with van der Waals surface area (Å²) in [4.78, 5) is 36.2. The quantitative estimate of drug-likeness (QED) is 0.801. The van der Waals surface area contributed by atoms with E-state index in [9.17, 15) is 14.4 Å². The molecule has 7 nitrogen and oxygen atoms in total. The largest absolute Gasteiger partial charge is 0.497 e. The molecular weight excluding hydrogens is 274 g/mol. The van der Waals surface area contributed by atoms with Crippen LogP contribution in [0.1, 0.15) is 5.56 Å². The first kappa shape index (κ1) is 14.6. The van der Waals surface area contributed by atoms with Gasteiger partial charge >= 0.3 is 5.69 Å². The summed E-state index contributed by atoms with van der Waals surface area (Å²) in [6, 6.07) is 8.47. The molecule has 2 N–H and O–H groups in total. The summed E-state index contributed by atoms with van der Waals surface area (Å²) in [5, 5.41) is 2.70. The van der Waals surface area contributed by atoms with E-state index in [1.54, 1.807) is 19.2 Å². The standard InChI is InChI=1S/C14H15N3O4/c1-21-11-4-2-10(3-5-11)8-15-13(19)9-17-7-6-12(18)16-14(17)20/h2-7H,8-9H2,1H3,(H,15,19)(H,16,18,20). The van der Waals surface area contributed by atoms with Crippen molar-refractivity contribution in [3.63, 3.8) is 0 Å². The molecule has 0 bridgehead atoms. The van der Waals surface area contributed by atoms with E-state index >= 15 is 0 Å². The van der Waals surface area contributed by atoms with Gasteiger partial charge in [0.05, 0.1) is 7.11 Å². The number of ether oxygens (including phenoxy) is 1. The van der Waals surface area contributed by atoms with Crippen molar-refractivity contribution in [2.24, 2.45) is 0 Å². The molecular formula is C14H15N3O4. The Kier molecular flexibility index (Phi) is 4.55. The average Bonchev–Trinajstić information content (AvgIpc) is 2.48. The fraction of sp³-hybridized carbons (Fsp3) is 0.214. The molecule has 0 fully saturated rings. The average molecular weight is 289 g/mol. The second kappa shape index (κ2) is 6.56. The van der Waals surface area contributed by atoms with Crippen molar-refractivity contribution in [3.8, 4) is 5.75 Å². The van der Waals surface area contributed by atoms with Gasteiger partial charge in [0.15, 0.2) is 0 Å². The first-order valence-corrected chi connectivity index (χ1v) is 6.28. The van der Waals surface area contributed by atoms with Crippen LogP contribution >= 0.6 is 0 Å². The molecule has 0 saturated carbocycles. The van der Waals surface area contributed by atoms with Crippen molar-refractivity contribution < 1.29 is 9.53 Å². The van der Waals surface area contributed by atoms with Crippen LogP contribution in [-0.4, -0.2) is 22.6 Å². The highest BCUT2D eigenvalue weighted by Gasteiger charge is 2.04. The third-order valence-corrected chi connectivity index (χ3v) is 2.86. The van der Waals surface area contributed by atoms with Crippen LogP contribution in [-0.2, 0) is 17.9 Å². The Morgan fingerprint density at radius 2 is 1.95 bits per heavy atom. The summed E-state index contributed by atoms with van der Waals surface area (Å²) in [5.41, 5.74) is -0.185. The van der Waals surface area contributed by atoms with Gasteiger partial charge in [-0.3, -0.25) is 19.1 Å². The molecule has 0 aliphatic heterocycles. The second-order valence-electron chi connectivity index (χ2n) is 4.36. The fourth-order valence-corrected chi connectivity index (χ4v) is 1.72. The predicted octanol–water partition coefficient (Wildman–Crippen LogP) is -0.138. The summed E-state index contributed by atoms with van der Waals surface area (Å²) in [5.74, 6) is 0.421. The lowest BCUT2D eigenvalue weighted by atomic mass is 10.2. The summed E-state index contributed by atoms with van der Waals surface area (Å²) >= 11 is 0. The molecule has 2 rings (SSSR count). The number of hydrogen-bond donors (Lipinski definition) is 2. The number of nitrogens with one attached hydrogen (secondary N) is 2. The third kappa shape index (κ3) is 4.07. The molecule has 1 amide bonds. The Balaban J connectivity index is 1.92. The lowest BCUT2D eigenvalue weighted by molar-refractivity contribution is -0.121. The zero-order chi connectivity index (χ0) is 15.2. The van der Waals surface area contributed by atoms with Crippen LogP contribution < -0.4 is 21.3 Å². The Morgan fingerprint density at radius 3 is 2.57 bits per heavy atom. The van der Waals surface area contributed by atoms with Crippen LogP contribution in [0, 0.1) is 0 Å². The number of methoxy groups -OCH3 is 1. The van der Waals surface area contributed by atoms with Crippen LogP contribution in [0.5, 0.6) is 5.75 Å². The molecule has 0 spiro atoms. The molecule has 0 unspecified atom stereocenters. The van der Waals surface area contributed by atoms with Crippen molar-refractivity contribution in [1.29, 1.82) is 0 Å². The van der Waals surface area contributed by atoms with E-state index in [4.69, 9.17) is 4.74 Å². The molecule has 0 aliphatic rings. The minimum absolute atomic E-state index is 0.147. The first-order chi connectivity index (χ1) is 10.1. The molecule has 2 aromatic rings. The topological polar surface area (TPSA) is 93.2 Å². The maximum Gasteiger partial charge on any atom is 0.328 e. The lowest BCUT2D eigenvalue weighted by Crippen LogP contribution is -2.35. The molecule has 0 atom stereocenters. The van der Waals surface area contributed by atoms with Gasteiger partial charge in [-0.15, -0.1) is 0 Å². The van der Waals surface area contributed by atoms with Crippen LogP contribution in [0.4, 0.5) is 0 Å². The number of aromatic nitrogens is 2. The molecule has 21 heavy (non-hydrogen) atoms. The summed E-state index contributed by atoms with van der Waals surface area (Å²) in [7, 11) is 1.58. The lowest BCUT2D eigenvalue weighted by Gasteiger charge is -2.07. The summed E-state index contributed by atoms with van der Waals surface area (Å²) < 4.78 is 6.17. The van der Waals surface area contributed by atoms with E-state index in [1.165, 1.54) is 12.3 Å². The molecule has 110 valence electrons. The molecule has 0 saturated heterocycles. The van der Waals surface area contributed by atoms with Gasteiger partial charge in [-0.25, -0.2) is 4.79 Å². The molecule has 7 heteroatoms. The molecule has 0 radical (unpaired) electrons. The van der Waals surface area contributed by atoms with Crippen LogP contribution in [0.3, 0.4) is 0 Å². The normalized spacial score (nSPS) is 10.1. The van der Waals surface area contributed by atoms with E-state index in [0.29, 0.717) is 6.54 Å². The maximum absolute atomic E-state index is 11.8.